The number of halogens is 1. The zero-order valence-corrected chi connectivity index (χ0v) is 20.4. The van der Waals surface area contributed by atoms with E-state index in [1.807, 2.05) is 13.8 Å². The number of ether oxygens (including phenoxy) is 2. The van der Waals surface area contributed by atoms with Gasteiger partial charge in [0.05, 0.1) is 27.9 Å². The van der Waals surface area contributed by atoms with Crippen LogP contribution in [0.4, 0.5) is 5.69 Å². The molecular weight excluding hydrogens is 484 g/mol. The highest BCUT2D eigenvalue weighted by atomic mass is 35.5. The van der Waals surface area contributed by atoms with Crippen molar-refractivity contribution in [1.29, 1.82) is 0 Å². The molecule has 4 aromatic rings. The Hall–Kier alpha value is -3.01. The summed E-state index contributed by atoms with van der Waals surface area (Å²) in [4.78, 5) is 12.2. The Labute approximate surface area is 200 Å². The van der Waals surface area contributed by atoms with E-state index < -0.39 is 10.0 Å². The molecule has 172 valence electrons. The Morgan fingerprint density at radius 1 is 1.03 bits per heavy atom. The second-order valence-electron chi connectivity index (χ2n) is 7.49. The normalized spacial score (nSPS) is 11.7. The molecule has 0 unspecified atom stereocenters. The van der Waals surface area contributed by atoms with E-state index in [0.29, 0.717) is 26.7 Å². The number of methoxy groups -OCH3 is 1. The topological polar surface area (TPSA) is 86.6 Å². The number of rotatable bonds is 7. The highest BCUT2D eigenvalue weighted by Crippen LogP contribution is 2.35. The van der Waals surface area contributed by atoms with Gasteiger partial charge in [-0.15, -0.1) is 0 Å². The number of aromatic nitrogens is 1. The van der Waals surface area contributed by atoms with Gasteiger partial charge < -0.3 is 9.47 Å². The van der Waals surface area contributed by atoms with E-state index in [1.165, 1.54) is 18.2 Å². The Morgan fingerprint density at radius 2 is 1.79 bits per heavy atom. The molecule has 0 atom stereocenters. The second kappa shape index (κ2) is 9.09. The minimum Gasteiger partial charge on any atom is -0.497 e. The number of sulfonamides is 1. The number of thiazole rings is 1. The number of hydrogen-bond donors (Lipinski definition) is 1. The number of nitrogens with zero attached hydrogens (tertiary/aromatic N) is 1. The summed E-state index contributed by atoms with van der Waals surface area (Å²) in [6.07, 6.45) is 0. The molecule has 0 fully saturated rings. The summed E-state index contributed by atoms with van der Waals surface area (Å²) in [5.41, 5.74) is 0.877. The van der Waals surface area contributed by atoms with Crippen molar-refractivity contribution < 1.29 is 17.9 Å². The molecule has 1 N–H and O–H groups in total. The van der Waals surface area contributed by atoms with Crippen molar-refractivity contribution in [1.82, 2.24) is 4.57 Å². The molecule has 0 saturated heterocycles. The molecule has 4 rings (SSSR count). The Morgan fingerprint density at radius 3 is 2.52 bits per heavy atom. The van der Waals surface area contributed by atoms with E-state index in [-0.39, 0.29) is 27.2 Å². The molecule has 0 spiro atoms. The molecule has 1 heterocycles. The van der Waals surface area contributed by atoms with Crippen LogP contribution in [0.1, 0.15) is 19.9 Å². The lowest BCUT2D eigenvalue weighted by molar-refractivity contribution is 0.409. The third-order valence-electron chi connectivity index (χ3n) is 4.87. The van der Waals surface area contributed by atoms with Gasteiger partial charge in [-0.1, -0.05) is 29.0 Å². The molecule has 10 heteroatoms. The summed E-state index contributed by atoms with van der Waals surface area (Å²) < 4.78 is 42.2. The van der Waals surface area contributed by atoms with E-state index in [2.05, 4.69) is 4.72 Å². The maximum atomic E-state index is 13.2. The second-order valence-corrected chi connectivity index (χ2v) is 10.6. The smallest absolute Gasteiger partial charge is 0.308 e. The van der Waals surface area contributed by atoms with Crippen LogP contribution >= 0.6 is 22.9 Å². The lowest BCUT2D eigenvalue weighted by atomic mass is 10.3. The molecule has 7 nitrogen and oxygen atoms in total. The predicted molar refractivity (Wildman–Crippen MR) is 132 cm³/mol. The van der Waals surface area contributed by atoms with Gasteiger partial charge in [0.15, 0.2) is 5.75 Å². The van der Waals surface area contributed by atoms with Gasteiger partial charge in [-0.3, -0.25) is 14.1 Å². The third-order valence-corrected chi connectivity index (χ3v) is 7.38. The predicted octanol–water partition coefficient (Wildman–Crippen LogP) is 5.90. The van der Waals surface area contributed by atoms with Crippen LogP contribution in [-0.4, -0.2) is 20.1 Å². The van der Waals surface area contributed by atoms with Crippen LogP contribution in [0.15, 0.2) is 70.4 Å². The number of anilines is 1. The summed E-state index contributed by atoms with van der Waals surface area (Å²) in [6, 6.07) is 16.2. The average Bonchev–Trinajstić information content (AvgIpc) is 3.10. The van der Waals surface area contributed by atoms with Gasteiger partial charge in [0.25, 0.3) is 10.0 Å². The van der Waals surface area contributed by atoms with E-state index in [9.17, 15) is 13.2 Å². The van der Waals surface area contributed by atoms with Gasteiger partial charge in [-0.2, -0.15) is 0 Å². The molecule has 0 bridgehead atoms. The van der Waals surface area contributed by atoms with Crippen molar-refractivity contribution in [3.8, 4) is 17.2 Å². The highest BCUT2D eigenvalue weighted by molar-refractivity contribution is 7.92. The molecule has 0 aliphatic carbocycles. The van der Waals surface area contributed by atoms with Gasteiger partial charge in [-0.05, 0) is 62.4 Å². The average molecular weight is 505 g/mol. The van der Waals surface area contributed by atoms with Crippen LogP contribution in [0.5, 0.6) is 17.2 Å². The molecule has 33 heavy (non-hydrogen) atoms. The zero-order valence-electron chi connectivity index (χ0n) is 18.0. The maximum Gasteiger partial charge on any atom is 0.308 e. The quantitative estimate of drug-likeness (QED) is 0.338. The Balaban J connectivity index is 1.69. The number of hydrogen-bond acceptors (Lipinski definition) is 6. The van der Waals surface area contributed by atoms with Crippen molar-refractivity contribution in [2.75, 3.05) is 11.8 Å². The molecule has 0 saturated carbocycles. The summed E-state index contributed by atoms with van der Waals surface area (Å²) in [7, 11) is -2.45. The van der Waals surface area contributed by atoms with Crippen molar-refractivity contribution in [2.24, 2.45) is 0 Å². The van der Waals surface area contributed by atoms with Crippen LogP contribution in [0.25, 0.3) is 10.2 Å². The van der Waals surface area contributed by atoms with Crippen LogP contribution in [0, 0.1) is 0 Å². The molecule has 1 aromatic heterocycles. The third kappa shape index (κ3) is 4.85. The monoisotopic (exact) mass is 504 g/mol. The molecule has 0 amide bonds. The van der Waals surface area contributed by atoms with Gasteiger partial charge >= 0.3 is 4.87 Å². The summed E-state index contributed by atoms with van der Waals surface area (Å²) in [5, 5.41) is 0.341. The van der Waals surface area contributed by atoms with Crippen molar-refractivity contribution in [2.45, 2.75) is 24.8 Å². The van der Waals surface area contributed by atoms with Crippen molar-refractivity contribution in [3.63, 3.8) is 0 Å². The fraction of sp³-hybridized carbons (Fsp3) is 0.174. The van der Waals surface area contributed by atoms with E-state index >= 15 is 0 Å². The minimum atomic E-state index is -3.99. The SMILES string of the molecule is COc1cccc(Oc2ccc(Cl)cc2NS(=O)(=O)c2ccc3c(c2)sc(=O)n3C(C)C)c1. The lowest BCUT2D eigenvalue weighted by Gasteiger charge is -2.15. The van der Waals surface area contributed by atoms with E-state index in [0.717, 1.165) is 11.3 Å². The van der Waals surface area contributed by atoms with E-state index in [4.69, 9.17) is 21.1 Å². The fourth-order valence-electron chi connectivity index (χ4n) is 3.34. The van der Waals surface area contributed by atoms with Crippen LogP contribution < -0.4 is 19.1 Å². The number of fused-ring (bicyclic) bond motifs is 1. The number of benzene rings is 3. The molecule has 3 aromatic carbocycles. The van der Waals surface area contributed by atoms with Gasteiger partial charge in [0.1, 0.15) is 11.5 Å². The van der Waals surface area contributed by atoms with Crippen LogP contribution in [0.3, 0.4) is 0 Å². The Kier molecular flexibility index (Phi) is 6.38. The first kappa shape index (κ1) is 23.2. The zero-order chi connectivity index (χ0) is 23.8. The first-order chi connectivity index (χ1) is 15.7. The largest absolute Gasteiger partial charge is 0.497 e. The summed E-state index contributed by atoms with van der Waals surface area (Å²) in [6.45, 7) is 3.81. The lowest BCUT2D eigenvalue weighted by Crippen LogP contribution is -2.15. The maximum absolute atomic E-state index is 13.2. The minimum absolute atomic E-state index is 0.0273. The fourth-order valence-corrected chi connectivity index (χ4v) is 5.73. The first-order valence-corrected chi connectivity index (χ1v) is 12.6. The summed E-state index contributed by atoms with van der Waals surface area (Å²) >= 11 is 7.14. The number of nitrogens with one attached hydrogen (secondary N) is 1. The van der Waals surface area contributed by atoms with Gasteiger partial charge in [0, 0.05) is 17.1 Å². The Bertz CT molecular complexity index is 1490. The van der Waals surface area contributed by atoms with E-state index in [1.54, 1.807) is 54.1 Å². The molecule has 0 aliphatic rings. The standard InChI is InChI=1S/C23H21ClN2O5S2/c1-14(2)26-20-9-8-18(13-22(20)32-23(26)27)33(28,29)25-19-11-15(24)7-10-21(19)31-17-6-4-5-16(12-17)30-3/h4-14,25H,1-3H3. The van der Waals surface area contributed by atoms with Crippen molar-refractivity contribution >= 4 is 48.9 Å². The molecular formula is C23H21ClN2O5S2. The first-order valence-electron chi connectivity index (χ1n) is 9.97. The highest BCUT2D eigenvalue weighted by Gasteiger charge is 2.20. The molecule has 0 aliphatic heterocycles. The van der Waals surface area contributed by atoms with Crippen molar-refractivity contribution in [3.05, 3.63) is 75.4 Å². The summed E-state index contributed by atoms with van der Waals surface area (Å²) in [5.74, 6) is 1.34. The van der Waals surface area contributed by atoms with Gasteiger partial charge in [0.2, 0.25) is 0 Å². The van der Waals surface area contributed by atoms with Crippen LogP contribution in [-0.2, 0) is 10.0 Å². The molecule has 0 radical (unpaired) electrons. The van der Waals surface area contributed by atoms with Crippen LogP contribution in [0.2, 0.25) is 5.02 Å². The van der Waals surface area contributed by atoms with Gasteiger partial charge in [-0.25, -0.2) is 8.42 Å².